The SMILES string of the molecule is O=c1n(CCNS(=O)(=O)c2ccc(F)c(Cl)c2)nc(C2CC2)n1-c1ccccc1. The summed E-state index contributed by atoms with van der Waals surface area (Å²) in [5.41, 5.74) is 0.411. The molecule has 7 nitrogen and oxygen atoms in total. The second kappa shape index (κ2) is 7.74. The van der Waals surface area contributed by atoms with Gasteiger partial charge in [0, 0.05) is 12.5 Å². The predicted molar refractivity (Wildman–Crippen MR) is 106 cm³/mol. The number of halogens is 2. The zero-order valence-electron chi connectivity index (χ0n) is 15.3. The van der Waals surface area contributed by atoms with E-state index in [1.165, 1.54) is 4.68 Å². The van der Waals surface area contributed by atoms with Crippen molar-refractivity contribution in [2.24, 2.45) is 0 Å². The molecule has 0 atom stereocenters. The van der Waals surface area contributed by atoms with Crippen molar-refractivity contribution in [1.29, 1.82) is 0 Å². The largest absolute Gasteiger partial charge is 0.350 e. The molecule has 1 aliphatic rings. The van der Waals surface area contributed by atoms with Gasteiger partial charge in [-0.2, -0.15) is 5.10 Å². The summed E-state index contributed by atoms with van der Waals surface area (Å²) in [5.74, 6) is 0.229. The van der Waals surface area contributed by atoms with Gasteiger partial charge in [-0.05, 0) is 43.2 Å². The highest BCUT2D eigenvalue weighted by Gasteiger charge is 2.31. The molecule has 0 amide bonds. The van der Waals surface area contributed by atoms with Crippen LogP contribution in [0.5, 0.6) is 0 Å². The molecule has 0 aliphatic heterocycles. The third-order valence-corrected chi connectivity index (χ3v) is 6.39. The van der Waals surface area contributed by atoms with E-state index >= 15 is 0 Å². The molecule has 152 valence electrons. The van der Waals surface area contributed by atoms with Crippen LogP contribution in [0.3, 0.4) is 0 Å². The summed E-state index contributed by atoms with van der Waals surface area (Å²) >= 11 is 5.66. The first-order valence-corrected chi connectivity index (χ1v) is 10.9. The molecular formula is C19H18ClFN4O3S. The van der Waals surface area contributed by atoms with Crippen LogP contribution >= 0.6 is 11.6 Å². The van der Waals surface area contributed by atoms with Crippen molar-refractivity contribution in [2.45, 2.75) is 30.2 Å². The smallest absolute Gasteiger partial charge is 0.247 e. The summed E-state index contributed by atoms with van der Waals surface area (Å²) in [7, 11) is -3.89. The van der Waals surface area contributed by atoms with Gasteiger partial charge in [-0.1, -0.05) is 29.8 Å². The van der Waals surface area contributed by atoms with Gasteiger partial charge in [0.2, 0.25) is 10.0 Å². The molecule has 0 saturated heterocycles. The normalized spacial score (nSPS) is 14.3. The monoisotopic (exact) mass is 436 g/mol. The van der Waals surface area contributed by atoms with Crippen LogP contribution in [0, 0.1) is 5.82 Å². The molecule has 4 rings (SSSR count). The van der Waals surface area contributed by atoms with Crippen LogP contribution in [-0.4, -0.2) is 29.3 Å². The fraction of sp³-hybridized carbons (Fsp3) is 0.263. The lowest BCUT2D eigenvalue weighted by molar-refractivity contribution is 0.550. The fourth-order valence-electron chi connectivity index (χ4n) is 3.01. The molecule has 2 aromatic carbocycles. The van der Waals surface area contributed by atoms with Crippen LogP contribution in [0.4, 0.5) is 4.39 Å². The molecule has 1 fully saturated rings. The van der Waals surface area contributed by atoms with Gasteiger partial charge in [-0.25, -0.2) is 31.6 Å². The maximum absolute atomic E-state index is 13.3. The Morgan fingerprint density at radius 3 is 2.55 bits per heavy atom. The summed E-state index contributed by atoms with van der Waals surface area (Å²) in [5, 5.41) is 4.15. The molecule has 1 aromatic heterocycles. The molecule has 0 radical (unpaired) electrons. The highest BCUT2D eigenvalue weighted by molar-refractivity contribution is 7.89. The molecule has 10 heteroatoms. The van der Waals surface area contributed by atoms with Gasteiger partial charge in [0.15, 0.2) is 0 Å². The van der Waals surface area contributed by atoms with Gasteiger partial charge >= 0.3 is 5.69 Å². The number of nitrogens with zero attached hydrogens (tertiary/aromatic N) is 3. The number of hydrogen-bond donors (Lipinski definition) is 1. The van der Waals surface area contributed by atoms with E-state index in [1.54, 1.807) is 4.57 Å². The zero-order valence-corrected chi connectivity index (χ0v) is 16.8. The van der Waals surface area contributed by atoms with Crippen LogP contribution < -0.4 is 10.4 Å². The Morgan fingerprint density at radius 1 is 1.17 bits per heavy atom. The van der Waals surface area contributed by atoms with Crippen molar-refractivity contribution in [3.63, 3.8) is 0 Å². The van der Waals surface area contributed by atoms with Crippen LogP contribution in [0.2, 0.25) is 5.02 Å². The topological polar surface area (TPSA) is 86.0 Å². The minimum absolute atomic E-state index is 0.0485. The molecule has 0 unspecified atom stereocenters. The second-order valence-electron chi connectivity index (χ2n) is 6.78. The Morgan fingerprint density at radius 2 is 1.90 bits per heavy atom. The number of aromatic nitrogens is 3. The van der Waals surface area contributed by atoms with E-state index < -0.39 is 15.8 Å². The van der Waals surface area contributed by atoms with Gasteiger partial charge in [0.05, 0.1) is 22.2 Å². The van der Waals surface area contributed by atoms with E-state index in [1.807, 2.05) is 30.3 Å². The maximum atomic E-state index is 13.3. The lowest BCUT2D eigenvalue weighted by Crippen LogP contribution is -2.32. The summed E-state index contributed by atoms with van der Waals surface area (Å²) in [6.07, 6.45) is 1.95. The van der Waals surface area contributed by atoms with Gasteiger partial charge in [0.25, 0.3) is 0 Å². The van der Waals surface area contributed by atoms with Gasteiger partial charge < -0.3 is 0 Å². The molecule has 29 heavy (non-hydrogen) atoms. The van der Waals surface area contributed by atoms with Crippen molar-refractivity contribution in [2.75, 3.05) is 6.54 Å². The van der Waals surface area contributed by atoms with Crippen LogP contribution in [0.25, 0.3) is 5.69 Å². The standard InChI is InChI=1S/C19H18ClFN4O3S/c20-16-12-15(8-9-17(16)21)29(27,28)22-10-11-24-19(26)25(14-4-2-1-3-5-14)18(23-24)13-6-7-13/h1-5,8-9,12-13,22H,6-7,10-11H2. The molecule has 0 spiro atoms. The van der Waals surface area contributed by atoms with Crippen molar-refractivity contribution < 1.29 is 12.8 Å². The van der Waals surface area contributed by atoms with E-state index in [4.69, 9.17) is 11.6 Å². The van der Waals surface area contributed by atoms with Gasteiger partial charge in [-0.15, -0.1) is 0 Å². The first-order chi connectivity index (χ1) is 13.9. The van der Waals surface area contributed by atoms with E-state index in [0.717, 1.165) is 36.7 Å². The number of hydrogen-bond acceptors (Lipinski definition) is 4. The van der Waals surface area contributed by atoms with Crippen molar-refractivity contribution in [3.05, 3.63) is 75.7 Å². The van der Waals surface area contributed by atoms with Crippen LogP contribution in [0.1, 0.15) is 24.6 Å². The minimum Gasteiger partial charge on any atom is -0.247 e. The Labute approximate surface area is 171 Å². The molecule has 1 saturated carbocycles. The number of benzene rings is 2. The molecule has 0 bridgehead atoms. The Hall–Kier alpha value is -2.49. The summed E-state index contributed by atoms with van der Waals surface area (Å²) in [6.45, 7) is 0.0136. The number of sulfonamides is 1. The second-order valence-corrected chi connectivity index (χ2v) is 8.96. The molecule has 1 N–H and O–H groups in total. The van der Waals surface area contributed by atoms with Gasteiger partial charge in [-0.3, -0.25) is 0 Å². The van der Waals surface area contributed by atoms with E-state index in [-0.39, 0.29) is 34.6 Å². The number of nitrogens with one attached hydrogen (secondary N) is 1. The van der Waals surface area contributed by atoms with E-state index in [9.17, 15) is 17.6 Å². The lowest BCUT2D eigenvalue weighted by Gasteiger charge is -2.07. The van der Waals surface area contributed by atoms with E-state index in [0.29, 0.717) is 5.82 Å². The first kappa shape index (κ1) is 19.8. The van der Waals surface area contributed by atoms with Crippen molar-refractivity contribution in [1.82, 2.24) is 19.1 Å². The average Bonchev–Trinajstić information content (AvgIpc) is 3.49. The first-order valence-electron chi connectivity index (χ1n) is 9.07. The number of rotatable bonds is 7. The lowest BCUT2D eigenvalue weighted by atomic mass is 10.3. The van der Waals surface area contributed by atoms with Crippen molar-refractivity contribution in [3.8, 4) is 5.69 Å². The average molecular weight is 437 g/mol. The fourth-order valence-corrected chi connectivity index (χ4v) is 4.30. The summed E-state index contributed by atoms with van der Waals surface area (Å²) in [4.78, 5) is 12.7. The third kappa shape index (κ3) is 4.12. The van der Waals surface area contributed by atoms with Crippen molar-refractivity contribution >= 4 is 21.6 Å². The van der Waals surface area contributed by atoms with Crippen LogP contribution in [0.15, 0.2) is 58.2 Å². The number of para-hydroxylation sites is 1. The highest BCUT2D eigenvalue weighted by Crippen LogP contribution is 2.39. The molecule has 1 heterocycles. The maximum Gasteiger partial charge on any atom is 0.350 e. The summed E-state index contributed by atoms with van der Waals surface area (Å²) < 4.78 is 43.2. The molecule has 1 aliphatic carbocycles. The molecular weight excluding hydrogens is 419 g/mol. The Bertz CT molecular complexity index is 1200. The summed E-state index contributed by atoms with van der Waals surface area (Å²) in [6, 6.07) is 12.4. The minimum atomic E-state index is -3.89. The van der Waals surface area contributed by atoms with Crippen LogP contribution in [-0.2, 0) is 16.6 Å². The third-order valence-electron chi connectivity index (χ3n) is 4.64. The zero-order chi connectivity index (χ0) is 20.6. The highest BCUT2D eigenvalue weighted by atomic mass is 35.5. The molecule has 3 aromatic rings. The predicted octanol–water partition coefficient (Wildman–Crippen LogP) is 2.68. The van der Waals surface area contributed by atoms with Gasteiger partial charge in [0.1, 0.15) is 11.6 Å². The quantitative estimate of drug-likeness (QED) is 0.617. The van der Waals surface area contributed by atoms with E-state index in [2.05, 4.69) is 9.82 Å². The Kier molecular flexibility index (Phi) is 5.28. The Balaban J connectivity index is 1.53.